The van der Waals surface area contributed by atoms with Crippen LogP contribution in [0.4, 0.5) is 17.2 Å². The number of hydrogen-bond donors (Lipinski definition) is 2. The number of phenolic OH excluding ortho intramolecular Hbond substituents is 1. The Morgan fingerprint density at radius 2 is 2.12 bits per heavy atom. The van der Waals surface area contributed by atoms with Crippen molar-refractivity contribution in [3.8, 4) is 5.75 Å². The van der Waals surface area contributed by atoms with Gasteiger partial charge in [0.25, 0.3) is 5.69 Å². The zero-order valence-corrected chi connectivity index (χ0v) is 19.0. The lowest BCUT2D eigenvalue weighted by Gasteiger charge is -2.18. The minimum atomic E-state index is -0.889. The maximum absolute atomic E-state index is 12.7. The molecule has 1 saturated heterocycles. The van der Waals surface area contributed by atoms with E-state index in [1.165, 1.54) is 38.2 Å². The Bertz CT molecular complexity index is 1150. The molecule has 1 aliphatic heterocycles. The van der Waals surface area contributed by atoms with Gasteiger partial charge in [0, 0.05) is 32.5 Å². The first kappa shape index (κ1) is 24.1. The molecule has 2 N–H and O–H groups in total. The summed E-state index contributed by atoms with van der Waals surface area (Å²) in [4.78, 5) is 49.7. The fourth-order valence-corrected chi connectivity index (χ4v) is 3.63. The summed E-state index contributed by atoms with van der Waals surface area (Å²) in [5.41, 5.74) is -1.43. The quantitative estimate of drug-likeness (QED) is 0.234. The van der Waals surface area contributed by atoms with Crippen molar-refractivity contribution in [1.29, 1.82) is 0 Å². The third kappa shape index (κ3) is 5.64. The van der Waals surface area contributed by atoms with Gasteiger partial charge in [-0.1, -0.05) is 6.07 Å². The molecule has 1 aromatic heterocycles. The highest BCUT2D eigenvalue weighted by Crippen LogP contribution is 2.37. The van der Waals surface area contributed by atoms with Gasteiger partial charge in [-0.05, 0) is 22.0 Å². The van der Waals surface area contributed by atoms with Crippen LogP contribution in [0.25, 0.3) is 0 Å². The largest absolute Gasteiger partial charge is 0.505 e. The molecule has 3 rings (SSSR count). The van der Waals surface area contributed by atoms with Gasteiger partial charge in [0.1, 0.15) is 30.8 Å². The van der Waals surface area contributed by atoms with Crippen LogP contribution in [0, 0.1) is 10.1 Å². The number of carbonyl (C=O) groups is 2. The lowest BCUT2D eigenvalue weighted by Crippen LogP contribution is -2.31. The number of phenols is 1. The van der Waals surface area contributed by atoms with Crippen LogP contribution in [0.15, 0.2) is 33.7 Å². The van der Waals surface area contributed by atoms with Crippen molar-refractivity contribution in [1.82, 2.24) is 9.55 Å². The second-order valence-electron chi connectivity index (χ2n) is 7.00. The third-order valence-corrected chi connectivity index (χ3v) is 5.21. The van der Waals surface area contributed by atoms with Crippen molar-refractivity contribution >= 4 is 45.1 Å². The molecule has 1 fully saturated rings. The maximum Gasteiger partial charge on any atom is 0.351 e. The van der Waals surface area contributed by atoms with Crippen molar-refractivity contribution < 1.29 is 33.8 Å². The number of esters is 2. The van der Waals surface area contributed by atoms with Crippen molar-refractivity contribution in [2.24, 2.45) is 0 Å². The summed E-state index contributed by atoms with van der Waals surface area (Å²) in [5.74, 6) is -1.59. The summed E-state index contributed by atoms with van der Waals surface area (Å²) in [6.45, 7) is 2.27. The molecule has 0 spiro atoms. The summed E-state index contributed by atoms with van der Waals surface area (Å²) in [6, 6.07) is 3.74. The van der Waals surface area contributed by atoms with E-state index in [4.69, 9.17) is 14.2 Å². The summed E-state index contributed by atoms with van der Waals surface area (Å²) < 4.78 is 17.3. The smallest absolute Gasteiger partial charge is 0.351 e. The topological polar surface area (TPSA) is 172 Å². The van der Waals surface area contributed by atoms with Crippen LogP contribution in [0.1, 0.15) is 26.5 Å². The Morgan fingerprint density at radius 1 is 1.39 bits per heavy atom. The van der Waals surface area contributed by atoms with Crippen molar-refractivity contribution in [2.45, 2.75) is 38.7 Å². The van der Waals surface area contributed by atoms with E-state index in [0.717, 1.165) is 4.57 Å². The van der Waals surface area contributed by atoms with Crippen LogP contribution in [0.3, 0.4) is 0 Å². The van der Waals surface area contributed by atoms with Gasteiger partial charge in [-0.25, -0.2) is 4.79 Å². The standard InChI is InChI=1S/C19H19BrN4O9/c1-9(25)31-8-15-14(32-10(2)26)6-16(33-15)23-7-11(20)18(22-19(23)28)21-17-12(24(29)30)4-3-5-13(17)27/h3-5,7,14-16,27H,6,8H2,1-2H3,(H,21,22,28). The first-order chi connectivity index (χ1) is 15.6. The number of nitro groups is 1. The van der Waals surface area contributed by atoms with Gasteiger partial charge in [0.15, 0.2) is 11.5 Å². The summed E-state index contributed by atoms with van der Waals surface area (Å²) in [5, 5.41) is 23.9. The molecule has 0 aliphatic carbocycles. The molecule has 0 saturated carbocycles. The highest BCUT2D eigenvalue weighted by molar-refractivity contribution is 9.10. The van der Waals surface area contributed by atoms with E-state index in [1.807, 2.05) is 0 Å². The molecule has 176 valence electrons. The number of carbonyl (C=O) groups excluding carboxylic acids is 2. The van der Waals surface area contributed by atoms with Gasteiger partial charge in [-0.15, -0.1) is 0 Å². The van der Waals surface area contributed by atoms with Crippen LogP contribution in [0.2, 0.25) is 0 Å². The van der Waals surface area contributed by atoms with Crippen molar-refractivity contribution in [3.63, 3.8) is 0 Å². The van der Waals surface area contributed by atoms with E-state index in [9.17, 15) is 29.6 Å². The number of hydrogen-bond acceptors (Lipinski definition) is 11. The van der Waals surface area contributed by atoms with E-state index in [-0.39, 0.29) is 29.0 Å². The van der Waals surface area contributed by atoms with Crippen molar-refractivity contribution in [2.75, 3.05) is 11.9 Å². The van der Waals surface area contributed by atoms with Gasteiger partial charge < -0.3 is 24.6 Å². The average Bonchev–Trinajstić information content (AvgIpc) is 3.11. The fraction of sp³-hybridized carbons (Fsp3) is 0.368. The number of nitrogens with zero attached hydrogens (tertiary/aromatic N) is 3. The highest BCUT2D eigenvalue weighted by Gasteiger charge is 2.40. The van der Waals surface area contributed by atoms with Crippen LogP contribution >= 0.6 is 15.9 Å². The number of rotatable bonds is 7. The Labute approximate surface area is 194 Å². The van der Waals surface area contributed by atoms with Gasteiger partial charge in [-0.2, -0.15) is 4.98 Å². The van der Waals surface area contributed by atoms with E-state index in [2.05, 4.69) is 26.2 Å². The minimum absolute atomic E-state index is 0.0770. The number of halogens is 1. The Balaban J connectivity index is 1.87. The second-order valence-corrected chi connectivity index (χ2v) is 7.85. The molecule has 3 unspecified atom stereocenters. The molecule has 0 amide bonds. The molecule has 3 atom stereocenters. The zero-order valence-electron chi connectivity index (χ0n) is 17.4. The first-order valence-corrected chi connectivity index (χ1v) is 10.3. The minimum Gasteiger partial charge on any atom is -0.505 e. The van der Waals surface area contributed by atoms with E-state index >= 15 is 0 Å². The molecule has 0 bridgehead atoms. The van der Waals surface area contributed by atoms with E-state index in [0.29, 0.717) is 0 Å². The molecule has 2 heterocycles. The normalized spacial score (nSPS) is 19.7. The van der Waals surface area contributed by atoms with Gasteiger partial charge in [0.2, 0.25) is 0 Å². The molecule has 0 radical (unpaired) electrons. The van der Waals surface area contributed by atoms with Crippen molar-refractivity contribution in [3.05, 3.63) is 49.5 Å². The van der Waals surface area contributed by atoms with Crippen LogP contribution in [-0.4, -0.2) is 50.3 Å². The Morgan fingerprint density at radius 3 is 2.76 bits per heavy atom. The molecule has 14 heteroatoms. The van der Waals surface area contributed by atoms with E-state index in [1.54, 1.807) is 0 Å². The van der Waals surface area contributed by atoms with E-state index < -0.39 is 52.4 Å². The number of anilines is 2. The molecular weight excluding hydrogens is 508 g/mol. The number of nitrogens with one attached hydrogen (secondary N) is 1. The number of aromatic hydroxyl groups is 1. The molecule has 1 aliphatic rings. The molecule has 13 nitrogen and oxygen atoms in total. The monoisotopic (exact) mass is 526 g/mol. The molecule has 2 aromatic rings. The maximum atomic E-state index is 12.7. The predicted octanol–water partition coefficient (Wildman–Crippen LogP) is 2.15. The summed E-state index contributed by atoms with van der Waals surface area (Å²) in [6.07, 6.45) is -1.01. The Hall–Kier alpha value is -3.52. The number of ether oxygens (including phenoxy) is 3. The summed E-state index contributed by atoms with van der Waals surface area (Å²) in [7, 11) is 0. The molecule has 33 heavy (non-hydrogen) atoms. The number of para-hydroxylation sites is 1. The lowest BCUT2D eigenvalue weighted by molar-refractivity contribution is -0.384. The number of aromatic nitrogens is 2. The molecular formula is C19H19BrN4O9. The van der Waals surface area contributed by atoms with Gasteiger partial charge >= 0.3 is 17.6 Å². The van der Waals surface area contributed by atoms with Crippen LogP contribution in [-0.2, 0) is 23.8 Å². The van der Waals surface area contributed by atoms with Crippen LogP contribution in [0.5, 0.6) is 5.75 Å². The lowest BCUT2D eigenvalue weighted by atomic mass is 10.2. The van der Waals surface area contributed by atoms with Crippen LogP contribution < -0.4 is 11.0 Å². The second kappa shape index (κ2) is 9.95. The average molecular weight is 527 g/mol. The number of benzene rings is 1. The zero-order chi connectivity index (χ0) is 24.3. The molecule has 1 aromatic carbocycles. The third-order valence-electron chi connectivity index (χ3n) is 4.63. The predicted molar refractivity (Wildman–Crippen MR) is 115 cm³/mol. The van der Waals surface area contributed by atoms with Gasteiger partial charge in [-0.3, -0.25) is 24.3 Å². The van der Waals surface area contributed by atoms with Gasteiger partial charge in [0.05, 0.1) is 9.40 Å². The SMILES string of the molecule is CC(=O)OCC1OC(n2cc(Br)c(Nc3c(O)cccc3[N+](=O)[O-])nc2=O)CC1OC(C)=O. The highest BCUT2D eigenvalue weighted by atomic mass is 79.9. The number of nitro benzene ring substituents is 1. The first-order valence-electron chi connectivity index (χ1n) is 9.55. The summed E-state index contributed by atoms with van der Waals surface area (Å²) >= 11 is 3.25. The fourth-order valence-electron chi connectivity index (χ4n) is 3.22. The Kier molecular flexibility index (Phi) is 7.28.